The number of methoxy groups -OCH3 is 1. The van der Waals surface area contributed by atoms with Gasteiger partial charge in [-0.3, -0.25) is 4.98 Å². The molecule has 0 aliphatic heterocycles. The lowest BCUT2D eigenvalue weighted by molar-refractivity contribution is 0.413. The second-order valence-electron chi connectivity index (χ2n) is 4.20. The van der Waals surface area contributed by atoms with Crippen molar-refractivity contribution in [2.24, 2.45) is 0 Å². The van der Waals surface area contributed by atoms with Gasteiger partial charge in [0.15, 0.2) is 0 Å². The maximum absolute atomic E-state index is 5.19. The van der Waals surface area contributed by atoms with Gasteiger partial charge in [-0.2, -0.15) is 0 Å². The largest absolute Gasteiger partial charge is 0.497 e. The number of rotatable bonds is 4. The van der Waals surface area contributed by atoms with Crippen molar-refractivity contribution in [3.63, 3.8) is 0 Å². The zero-order valence-electron chi connectivity index (χ0n) is 10.8. The zero-order valence-corrected chi connectivity index (χ0v) is 10.8. The Kier molecular flexibility index (Phi) is 3.77. The third-order valence-electron chi connectivity index (χ3n) is 2.71. The van der Waals surface area contributed by atoms with Crippen molar-refractivity contribution in [2.45, 2.75) is 19.9 Å². The number of hydrogen-bond acceptors (Lipinski definition) is 4. The van der Waals surface area contributed by atoms with Crippen LogP contribution in [-0.4, -0.2) is 17.1 Å². The Morgan fingerprint density at radius 2 is 1.94 bits per heavy atom. The summed E-state index contributed by atoms with van der Waals surface area (Å²) in [5.74, 6) is 1.66. The number of nitrogens with zero attached hydrogens (tertiary/aromatic N) is 2. The summed E-state index contributed by atoms with van der Waals surface area (Å²) in [6.07, 6.45) is 3.54. The predicted molar refractivity (Wildman–Crippen MR) is 71.8 cm³/mol. The Morgan fingerprint density at radius 1 is 1.17 bits per heavy atom. The highest BCUT2D eigenvalue weighted by molar-refractivity contribution is 5.39. The van der Waals surface area contributed by atoms with Crippen LogP contribution in [0.5, 0.6) is 5.75 Å². The van der Waals surface area contributed by atoms with Crippen LogP contribution in [0.2, 0.25) is 0 Å². The molecular weight excluding hydrogens is 226 g/mol. The first-order chi connectivity index (χ1) is 8.69. The fraction of sp³-hybridized carbons (Fsp3) is 0.286. The highest BCUT2D eigenvalue weighted by atomic mass is 16.5. The Balaban J connectivity index is 2.13. The summed E-state index contributed by atoms with van der Waals surface area (Å²) in [6, 6.07) is 7.82. The summed E-state index contributed by atoms with van der Waals surface area (Å²) in [5.41, 5.74) is 2.11. The molecule has 0 spiro atoms. The Morgan fingerprint density at radius 3 is 2.67 bits per heavy atom. The molecule has 0 amide bonds. The molecule has 0 bridgehead atoms. The van der Waals surface area contributed by atoms with Crippen LogP contribution in [0, 0.1) is 6.92 Å². The maximum atomic E-state index is 5.19. The van der Waals surface area contributed by atoms with E-state index < -0.39 is 0 Å². The summed E-state index contributed by atoms with van der Waals surface area (Å²) in [5, 5.41) is 3.32. The van der Waals surface area contributed by atoms with E-state index in [1.165, 1.54) is 5.56 Å². The van der Waals surface area contributed by atoms with Crippen molar-refractivity contribution in [1.82, 2.24) is 9.97 Å². The van der Waals surface area contributed by atoms with Gasteiger partial charge >= 0.3 is 0 Å². The van der Waals surface area contributed by atoms with E-state index in [0.717, 1.165) is 17.3 Å². The average molecular weight is 243 g/mol. The normalized spacial score (nSPS) is 11.9. The van der Waals surface area contributed by atoms with Gasteiger partial charge in [0.25, 0.3) is 0 Å². The van der Waals surface area contributed by atoms with Gasteiger partial charge in [-0.05, 0) is 37.6 Å². The number of ether oxygens (including phenoxy) is 1. The third kappa shape index (κ3) is 2.97. The molecule has 1 N–H and O–H groups in total. The summed E-state index contributed by atoms with van der Waals surface area (Å²) < 4.78 is 5.19. The van der Waals surface area contributed by atoms with Crippen LogP contribution in [0.4, 0.5) is 5.82 Å². The van der Waals surface area contributed by atoms with Gasteiger partial charge in [0.05, 0.1) is 18.8 Å². The smallest absolute Gasteiger partial charge is 0.126 e. The molecule has 4 nitrogen and oxygen atoms in total. The van der Waals surface area contributed by atoms with Crippen molar-refractivity contribution < 1.29 is 4.74 Å². The molecule has 2 heterocycles. The minimum atomic E-state index is 0.0781. The molecule has 18 heavy (non-hydrogen) atoms. The van der Waals surface area contributed by atoms with E-state index in [0.29, 0.717) is 0 Å². The zero-order chi connectivity index (χ0) is 13.0. The molecule has 1 unspecified atom stereocenters. The van der Waals surface area contributed by atoms with Crippen LogP contribution in [0.15, 0.2) is 36.7 Å². The molecule has 4 heteroatoms. The summed E-state index contributed by atoms with van der Waals surface area (Å²) in [7, 11) is 1.65. The average Bonchev–Trinajstić information content (AvgIpc) is 2.39. The van der Waals surface area contributed by atoms with Crippen LogP contribution in [0.25, 0.3) is 0 Å². The van der Waals surface area contributed by atoms with E-state index in [1.807, 2.05) is 38.1 Å². The SMILES string of the molecule is COc1ccnc(C(C)Nc2cc(C)ccn2)c1. The number of aromatic nitrogens is 2. The monoisotopic (exact) mass is 243 g/mol. The number of pyridine rings is 2. The van der Waals surface area contributed by atoms with Gasteiger partial charge in [0.1, 0.15) is 11.6 Å². The first-order valence-corrected chi connectivity index (χ1v) is 5.88. The Hall–Kier alpha value is -2.10. The van der Waals surface area contributed by atoms with Crippen LogP contribution >= 0.6 is 0 Å². The number of hydrogen-bond donors (Lipinski definition) is 1. The minimum absolute atomic E-state index is 0.0781. The van der Waals surface area contributed by atoms with Gasteiger partial charge in [-0.25, -0.2) is 4.98 Å². The van der Waals surface area contributed by atoms with Crippen molar-refractivity contribution in [3.8, 4) is 5.75 Å². The van der Waals surface area contributed by atoms with Crippen molar-refractivity contribution >= 4 is 5.82 Å². The molecule has 1 atom stereocenters. The second kappa shape index (κ2) is 5.49. The van der Waals surface area contributed by atoms with Crippen molar-refractivity contribution in [1.29, 1.82) is 0 Å². The predicted octanol–water partition coefficient (Wildman–Crippen LogP) is 2.97. The summed E-state index contributed by atoms with van der Waals surface area (Å²) >= 11 is 0. The fourth-order valence-electron chi connectivity index (χ4n) is 1.70. The van der Waals surface area contributed by atoms with Gasteiger partial charge in [0, 0.05) is 18.5 Å². The summed E-state index contributed by atoms with van der Waals surface area (Å²) in [6.45, 7) is 4.09. The van der Waals surface area contributed by atoms with Gasteiger partial charge < -0.3 is 10.1 Å². The molecule has 0 aliphatic carbocycles. The van der Waals surface area contributed by atoms with E-state index in [9.17, 15) is 0 Å². The topological polar surface area (TPSA) is 47.0 Å². The van der Waals surface area contributed by atoms with E-state index in [-0.39, 0.29) is 6.04 Å². The minimum Gasteiger partial charge on any atom is -0.497 e. The lowest BCUT2D eigenvalue weighted by atomic mass is 10.2. The first kappa shape index (κ1) is 12.4. The molecule has 0 aliphatic rings. The quantitative estimate of drug-likeness (QED) is 0.896. The fourth-order valence-corrected chi connectivity index (χ4v) is 1.70. The molecule has 2 rings (SSSR count). The van der Waals surface area contributed by atoms with Crippen LogP contribution in [-0.2, 0) is 0 Å². The lowest BCUT2D eigenvalue weighted by Gasteiger charge is -2.14. The molecule has 0 fully saturated rings. The van der Waals surface area contributed by atoms with Crippen LogP contribution in [0.1, 0.15) is 24.2 Å². The van der Waals surface area contributed by atoms with Gasteiger partial charge in [0.2, 0.25) is 0 Å². The molecule has 2 aromatic rings. The van der Waals surface area contributed by atoms with Crippen molar-refractivity contribution in [2.75, 3.05) is 12.4 Å². The second-order valence-corrected chi connectivity index (χ2v) is 4.20. The highest BCUT2D eigenvalue weighted by Gasteiger charge is 2.08. The summed E-state index contributed by atoms with van der Waals surface area (Å²) in [4.78, 5) is 8.61. The Bertz CT molecular complexity index is 528. The number of anilines is 1. The molecular formula is C14H17N3O. The number of aryl methyl sites for hydroxylation is 1. The molecule has 0 saturated heterocycles. The van der Waals surface area contributed by atoms with E-state index in [4.69, 9.17) is 4.74 Å². The molecule has 2 aromatic heterocycles. The molecule has 0 saturated carbocycles. The highest BCUT2D eigenvalue weighted by Crippen LogP contribution is 2.19. The molecule has 0 aromatic carbocycles. The van der Waals surface area contributed by atoms with E-state index in [1.54, 1.807) is 19.5 Å². The van der Waals surface area contributed by atoms with E-state index in [2.05, 4.69) is 15.3 Å². The standard InChI is InChI=1S/C14H17N3O/c1-10-4-6-16-14(8-10)17-11(2)13-9-12(18-3)5-7-15-13/h4-9,11H,1-3H3,(H,16,17). The van der Waals surface area contributed by atoms with E-state index >= 15 is 0 Å². The van der Waals surface area contributed by atoms with Gasteiger partial charge in [-0.1, -0.05) is 0 Å². The van der Waals surface area contributed by atoms with Gasteiger partial charge in [-0.15, -0.1) is 0 Å². The van der Waals surface area contributed by atoms with Crippen molar-refractivity contribution in [3.05, 3.63) is 47.9 Å². The molecule has 0 radical (unpaired) electrons. The lowest BCUT2D eigenvalue weighted by Crippen LogP contribution is -2.09. The maximum Gasteiger partial charge on any atom is 0.126 e. The Labute approximate surface area is 107 Å². The van der Waals surface area contributed by atoms with Crippen LogP contribution < -0.4 is 10.1 Å². The third-order valence-corrected chi connectivity index (χ3v) is 2.71. The molecule has 94 valence electrons. The van der Waals surface area contributed by atoms with Crippen LogP contribution in [0.3, 0.4) is 0 Å². The first-order valence-electron chi connectivity index (χ1n) is 5.88. The number of nitrogens with one attached hydrogen (secondary N) is 1.